The standard InChI is InChI=1S/C27H23N7O3/c1-36-24-6-3-7-25(37-2)20(24)16-30-34-26(35)23-14-18-13-19(8-9-21(18)32-23)31-27-29-12-10-22(33-27)17-5-4-11-28-15-17/h3-16,32H,1-2H3,(H,34,35)(H,29,31,33)/b30-16+. The van der Waals surface area contributed by atoms with Gasteiger partial charge in [0.15, 0.2) is 0 Å². The Morgan fingerprint density at radius 2 is 1.84 bits per heavy atom. The van der Waals surface area contributed by atoms with Gasteiger partial charge in [-0.2, -0.15) is 5.10 Å². The van der Waals surface area contributed by atoms with Crippen LogP contribution >= 0.6 is 0 Å². The Hall–Kier alpha value is -5.25. The summed E-state index contributed by atoms with van der Waals surface area (Å²) in [5, 5.41) is 8.13. The molecule has 0 fully saturated rings. The molecular formula is C27H23N7O3. The van der Waals surface area contributed by atoms with Gasteiger partial charge in [-0.05, 0) is 54.6 Å². The molecule has 10 heteroatoms. The number of H-pyrrole nitrogens is 1. The van der Waals surface area contributed by atoms with E-state index in [1.807, 2.05) is 42.5 Å². The molecule has 3 aromatic heterocycles. The molecule has 5 rings (SSSR count). The van der Waals surface area contributed by atoms with E-state index in [2.05, 4.69) is 35.8 Å². The molecule has 10 nitrogen and oxygen atoms in total. The van der Waals surface area contributed by atoms with Crippen molar-refractivity contribution >= 4 is 34.7 Å². The largest absolute Gasteiger partial charge is 0.496 e. The summed E-state index contributed by atoms with van der Waals surface area (Å²) < 4.78 is 10.7. The average molecular weight is 494 g/mol. The van der Waals surface area contributed by atoms with Gasteiger partial charge in [0, 0.05) is 40.7 Å². The molecule has 3 heterocycles. The van der Waals surface area contributed by atoms with Crippen LogP contribution in [0.1, 0.15) is 16.1 Å². The van der Waals surface area contributed by atoms with E-state index in [0.29, 0.717) is 28.7 Å². The molecule has 0 spiro atoms. The van der Waals surface area contributed by atoms with Crippen LogP contribution in [0.2, 0.25) is 0 Å². The molecule has 2 aromatic carbocycles. The van der Waals surface area contributed by atoms with E-state index in [4.69, 9.17) is 9.47 Å². The summed E-state index contributed by atoms with van der Waals surface area (Å²) in [5.74, 6) is 1.23. The third-order valence-electron chi connectivity index (χ3n) is 5.56. The lowest BCUT2D eigenvalue weighted by atomic mass is 10.2. The highest BCUT2D eigenvalue weighted by molar-refractivity contribution is 5.99. The Bertz CT molecular complexity index is 1560. The van der Waals surface area contributed by atoms with Crippen LogP contribution in [-0.2, 0) is 0 Å². The van der Waals surface area contributed by atoms with Gasteiger partial charge in [-0.15, -0.1) is 0 Å². The number of nitrogens with zero attached hydrogens (tertiary/aromatic N) is 4. The van der Waals surface area contributed by atoms with E-state index in [9.17, 15) is 4.79 Å². The normalized spacial score (nSPS) is 11.0. The number of benzene rings is 2. The fourth-order valence-electron chi connectivity index (χ4n) is 3.78. The topological polar surface area (TPSA) is 126 Å². The number of hydrazone groups is 1. The van der Waals surface area contributed by atoms with Crippen molar-refractivity contribution in [2.24, 2.45) is 5.10 Å². The van der Waals surface area contributed by atoms with E-state index < -0.39 is 0 Å². The number of fused-ring (bicyclic) bond motifs is 1. The van der Waals surface area contributed by atoms with Gasteiger partial charge in [0.2, 0.25) is 5.95 Å². The van der Waals surface area contributed by atoms with Gasteiger partial charge in [0.25, 0.3) is 5.91 Å². The first-order chi connectivity index (χ1) is 18.1. The van der Waals surface area contributed by atoms with Gasteiger partial charge < -0.3 is 19.8 Å². The molecule has 0 saturated heterocycles. The highest BCUT2D eigenvalue weighted by atomic mass is 16.5. The summed E-state index contributed by atoms with van der Waals surface area (Å²) in [7, 11) is 3.11. The summed E-state index contributed by atoms with van der Waals surface area (Å²) in [5.41, 5.74) is 6.77. The van der Waals surface area contributed by atoms with Gasteiger partial charge >= 0.3 is 0 Å². The van der Waals surface area contributed by atoms with Gasteiger partial charge in [0.05, 0.1) is 31.7 Å². The second kappa shape index (κ2) is 10.6. The SMILES string of the molecule is COc1cccc(OC)c1/C=N/NC(=O)c1cc2cc(Nc3nccc(-c4cccnc4)n3)ccc2[nH]1. The minimum atomic E-state index is -0.386. The third kappa shape index (κ3) is 5.22. The highest BCUT2D eigenvalue weighted by Crippen LogP contribution is 2.26. The van der Waals surface area contributed by atoms with Gasteiger partial charge in [-0.1, -0.05) is 6.07 Å². The second-order valence-electron chi connectivity index (χ2n) is 7.89. The van der Waals surface area contributed by atoms with Gasteiger partial charge in [-0.3, -0.25) is 9.78 Å². The Morgan fingerprint density at radius 1 is 1.00 bits per heavy atom. The van der Waals surface area contributed by atoms with Crippen molar-refractivity contribution in [3.8, 4) is 22.8 Å². The van der Waals surface area contributed by atoms with Gasteiger partial charge in [-0.25, -0.2) is 15.4 Å². The molecule has 0 saturated carbocycles. The number of aromatic amines is 1. The van der Waals surface area contributed by atoms with Crippen LogP contribution < -0.4 is 20.2 Å². The lowest BCUT2D eigenvalue weighted by Crippen LogP contribution is -2.18. The number of methoxy groups -OCH3 is 2. The van der Waals surface area contributed by atoms with Crippen molar-refractivity contribution in [3.63, 3.8) is 0 Å². The average Bonchev–Trinajstić information content (AvgIpc) is 3.37. The van der Waals surface area contributed by atoms with Crippen molar-refractivity contribution in [2.75, 3.05) is 19.5 Å². The smallest absolute Gasteiger partial charge is 0.287 e. The predicted octanol–water partition coefficient (Wildman–Crippen LogP) is 4.54. The number of ether oxygens (including phenoxy) is 2. The van der Waals surface area contributed by atoms with Crippen LogP contribution in [0.3, 0.4) is 0 Å². The van der Waals surface area contributed by atoms with E-state index in [1.165, 1.54) is 6.21 Å². The van der Waals surface area contributed by atoms with Crippen LogP contribution in [0.25, 0.3) is 22.2 Å². The molecule has 0 radical (unpaired) electrons. The lowest BCUT2D eigenvalue weighted by molar-refractivity contribution is 0.0951. The van der Waals surface area contributed by atoms with Crippen molar-refractivity contribution < 1.29 is 14.3 Å². The number of amides is 1. The number of rotatable bonds is 8. The molecule has 0 unspecified atom stereocenters. The Balaban J connectivity index is 1.30. The van der Waals surface area contributed by atoms with E-state index in [1.54, 1.807) is 51.0 Å². The summed E-state index contributed by atoms with van der Waals surface area (Å²) in [6, 6.07) is 18.4. The monoisotopic (exact) mass is 493 g/mol. The van der Waals surface area contributed by atoms with E-state index >= 15 is 0 Å². The van der Waals surface area contributed by atoms with Crippen molar-refractivity contribution in [2.45, 2.75) is 0 Å². The molecule has 0 atom stereocenters. The van der Waals surface area contributed by atoms with Crippen LogP contribution in [0.15, 0.2) is 84.4 Å². The second-order valence-corrected chi connectivity index (χ2v) is 7.89. The fraction of sp³-hybridized carbons (Fsp3) is 0.0741. The number of pyridine rings is 1. The zero-order valence-electron chi connectivity index (χ0n) is 20.1. The number of hydrogen-bond acceptors (Lipinski definition) is 8. The maximum Gasteiger partial charge on any atom is 0.287 e. The number of carbonyl (C=O) groups is 1. The van der Waals surface area contributed by atoms with Gasteiger partial charge in [0.1, 0.15) is 17.2 Å². The van der Waals surface area contributed by atoms with Crippen molar-refractivity contribution in [1.29, 1.82) is 0 Å². The van der Waals surface area contributed by atoms with Crippen molar-refractivity contribution in [3.05, 3.63) is 90.5 Å². The van der Waals surface area contributed by atoms with Crippen molar-refractivity contribution in [1.82, 2.24) is 25.4 Å². The minimum Gasteiger partial charge on any atom is -0.496 e. The first-order valence-electron chi connectivity index (χ1n) is 11.3. The maximum absolute atomic E-state index is 12.7. The van der Waals surface area contributed by atoms with Crippen LogP contribution in [0, 0.1) is 0 Å². The number of anilines is 2. The zero-order chi connectivity index (χ0) is 25.6. The number of hydrogen-bond donors (Lipinski definition) is 3. The highest BCUT2D eigenvalue weighted by Gasteiger charge is 2.11. The van der Waals surface area contributed by atoms with E-state index in [-0.39, 0.29) is 5.91 Å². The number of nitrogens with one attached hydrogen (secondary N) is 3. The summed E-state index contributed by atoms with van der Waals surface area (Å²) in [6.45, 7) is 0. The summed E-state index contributed by atoms with van der Waals surface area (Å²) in [4.78, 5) is 28.8. The summed E-state index contributed by atoms with van der Waals surface area (Å²) in [6.07, 6.45) is 6.64. The molecular weight excluding hydrogens is 470 g/mol. The number of aromatic nitrogens is 4. The first kappa shape index (κ1) is 23.5. The molecule has 37 heavy (non-hydrogen) atoms. The molecule has 0 aliphatic rings. The molecule has 1 amide bonds. The quantitative estimate of drug-likeness (QED) is 0.214. The fourth-order valence-corrected chi connectivity index (χ4v) is 3.78. The molecule has 3 N–H and O–H groups in total. The first-order valence-corrected chi connectivity index (χ1v) is 11.3. The Morgan fingerprint density at radius 3 is 2.59 bits per heavy atom. The zero-order valence-corrected chi connectivity index (χ0v) is 20.1. The molecule has 0 aliphatic heterocycles. The third-order valence-corrected chi connectivity index (χ3v) is 5.56. The molecule has 5 aromatic rings. The van der Waals surface area contributed by atoms with E-state index in [0.717, 1.165) is 27.8 Å². The van der Waals surface area contributed by atoms with Crippen LogP contribution in [0.4, 0.5) is 11.6 Å². The lowest BCUT2D eigenvalue weighted by Gasteiger charge is -2.08. The van der Waals surface area contributed by atoms with Crippen LogP contribution in [0.5, 0.6) is 11.5 Å². The van der Waals surface area contributed by atoms with Crippen LogP contribution in [-0.4, -0.2) is 46.3 Å². The molecule has 184 valence electrons. The molecule has 0 aliphatic carbocycles. The Kier molecular flexibility index (Phi) is 6.71. The predicted molar refractivity (Wildman–Crippen MR) is 141 cm³/mol. The number of carbonyl (C=O) groups excluding carboxylic acids is 1. The maximum atomic E-state index is 12.7. The summed E-state index contributed by atoms with van der Waals surface area (Å²) >= 11 is 0. The Labute approximate surface area is 212 Å². The molecule has 0 bridgehead atoms. The minimum absolute atomic E-state index is 0.367.